The summed E-state index contributed by atoms with van der Waals surface area (Å²) in [5.74, 6) is 0.593. The molecule has 0 aromatic heterocycles. The van der Waals surface area contributed by atoms with Crippen molar-refractivity contribution >= 4 is 40.6 Å². The molecule has 0 aliphatic carbocycles. The highest BCUT2D eigenvalue weighted by Gasteiger charge is 2.04. The Morgan fingerprint density at radius 1 is 1.40 bits per heavy atom. The van der Waals surface area contributed by atoms with Crippen LogP contribution in [0.25, 0.3) is 0 Å². The minimum absolute atomic E-state index is 0.442. The number of isothiocyanates is 1. The van der Waals surface area contributed by atoms with Gasteiger partial charge in [0.25, 0.3) is 0 Å². The van der Waals surface area contributed by atoms with Gasteiger partial charge in [0.05, 0.1) is 23.3 Å². The molecular weight excluding hydrogens is 253 g/mol. The molecule has 80 valence electrons. The highest BCUT2D eigenvalue weighted by atomic mass is 35.5. The second-order valence-corrected chi connectivity index (χ2v) is 3.69. The molecule has 2 nitrogen and oxygen atoms in total. The van der Waals surface area contributed by atoms with Crippen LogP contribution in [0.15, 0.2) is 23.2 Å². The summed E-state index contributed by atoms with van der Waals surface area (Å²) in [5, 5.41) is 3.23. The van der Waals surface area contributed by atoms with E-state index in [2.05, 4.69) is 22.4 Å². The monoisotopic (exact) mass is 261 g/mol. The van der Waals surface area contributed by atoms with E-state index in [0.717, 1.165) is 6.42 Å². The summed E-state index contributed by atoms with van der Waals surface area (Å²) in [6.45, 7) is 1.14. The van der Waals surface area contributed by atoms with E-state index in [4.69, 9.17) is 27.9 Å². The Balaban J connectivity index is 2.44. The van der Waals surface area contributed by atoms with Crippen molar-refractivity contribution in [2.45, 2.75) is 6.42 Å². The number of rotatable bonds is 5. The highest BCUT2D eigenvalue weighted by molar-refractivity contribution is 7.78. The van der Waals surface area contributed by atoms with Gasteiger partial charge in [-0.1, -0.05) is 29.3 Å². The summed E-state index contributed by atoms with van der Waals surface area (Å²) in [4.78, 5) is 3.77. The maximum atomic E-state index is 5.92. The van der Waals surface area contributed by atoms with Gasteiger partial charge in [-0.05, 0) is 24.4 Å². The fourth-order valence-electron chi connectivity index (χ4n) is 0.967. The largest absolute Gasteiger partial charge is 0.492 e. The molecular formula is C10H9Cl2NOS. The molecule has 1 aromatic rings. The van der Waals surface area contributed by atoms with Crippen molar-refractivity contribution in [2.75, 3.05) is 13.2 Å². The van der Waals surface area contributed by atoms with E-state index < -0.39 is 0 Å². The quantitative estimate of drug-likeness (QED) is 0.456. The molecule has 0 radical (unpaired) electrons. The fourth-order valence-corrected chi connectivity index (χ4v) is 1.40. The third-order valence-electron chi connectivity index (χ3n) is 1.65. The number of ether oxygens (including phenoxy) is 1. The van der Waals surface area contributed by atoms with E-state index in [1.54, 1.807) is 18.2 Å². The predicted molar refractivity (Wildman–Crippen MR) is 66.5 cm³/mol. The SMILES string of the molecule is S=C=NCCCOc1cccc(Cl)c1Cl. The van der Waals surface area contributed by atoms with E-state index in [9.17, 15) is 0 Å². The van der Waals surface area contributed by atoms with Crippen molar-refractivity contribution in [1.29, 1.82) is 0 Å². The zero-order valence-electron chi connectivity index (χ0n) is 7.87. The van der Waals surface area contributed by atoms with E-state index in [1.807, 2.05) is 0 Å². The summed E-state index contributed by atoms with van der Waals surface area (Å²) in [6, 6.07) is 5.28. The molecule has 0 spiro atoms. The van der Waals surface area contributed by atoms with E-state index >= 15 is 0 Å². The molecule has 0 fully saturated rings. The van der Waals surface area contributed by atoms with Gasteiger partial charge in [-0.15, -0.1) is 0 Å². The van der Waals surface area contributed by atoms with Crippen LogP contribution in [0.5, 0.6) is 5.75 Å². The number of halogens is 2. The second kappa shape index (κ2) is 6.81. The normalized spacial score (nSPS) is 9.47. The predicted octanol–water partition coefficient (Wildman–Crippen LogP) is 3.87. The van der Waals surface area contributed by atoms with Crippen LogP contribution in [0, 0.1) is 0 Å². The smallest absolute Gasteiger partial charge is 0.139 e. The van der Waals surface area contributed by atoms with E-state index in [1.165, 1.54) is 0 Å². The molecule has 0 unspecified atom stereocenters. The molecule has 0 aliphatic rings. The first-order valence-corrected chi connectivity index (χ1v) is 5.52. The van der Waals surface area contributed by atoms with Gasteiger partial charge < -0.3 is 4.74 Å². The third-order valence-corrected chi connectivity index (χ3v) is 2.58. The molecule has 0 saturated heterocycles. The zero-order chi connectivity index (χ0) is 11.1. The molecule has 0 amide bonds. The number of thiocarbonyl (C=S) groups is 1. The summed E-state index contributed by atoms with van der Waals surface area (Å²) in [7, 11) is 0. The van der Waals surface area contributed by atoms with E-state index in [0.29, 0.717) is 28.9 Å². The Hall–Kier alpha value is -0.600. The molecule has 0 aliphatic heterocycles. The Labute approximate surface area is 104 Å². The molecule has 0 atom stereocenters. The zero-order valence-corrected chi connectivity index (χ0v) is 10.2. The van der Waals surface area contributed by atoms with Gasteiger partial charge in [-0.2, -0.15) is 0 Å². The lowest BCUT2D eigenvalue weighted by molar-refractivity contribution is 0.314. The van der Waals surface area contributed by atoms with Crippen molar-refractivity contribution < 1.29 is 4.74 Å². The molecule has 15 heavy (non-hydrogen) atoms. The number of nitrogens with zero attached hydrogens (tertiary/aromatic N) is 1. The number of benzene rings is 1. The lowest BCUT2D eigenvalue weighted by atomic mass is 10.3. The maximum absolute atomic E-state index is 5.92. The fraction of sp³-hybridized carbons (Fsp3) is 0.300. The van der Waals surface area contributed by atoms with E-state index in [-0.39, 0.29) is 0 Å². The lowest BCUT2D eigenvalue weighted by Gasteiger charge is -2.07. The van der Waals surface area contributed by atoms with Gasteiger partial charge in [0.2, 0.25) is 0 Å². The van der Waals surface area contributed by atoms with Gasteiger partial charge in [-0.3, -0.25) is 0 Å². The van der Waals surface area contributed by atoms with Crippen LogP contribution in [0.2, 0.25) is 10.0 Å². The summed E-state index contributed by atoms with van der Waals surface area (Å²) >= 11 is 16.2. The van der Waals surface area contributed by atoms with Gasteiger partial charge in [0, 0.05) is 6.42 Å². The van der Waals surface area contributed by atoms with Crippen molar-refractivity contribution in [2.24, 2.45) is 4.99 Å². The first-order valence-electron chi connectivity index (χ1n) is 4.36. The molecule has 0 bridgehead atoms. The second-order valence-electron chi connectivity index (χ2n) is 2.73. The van der Waals surface area contributed by atoms with Gasteiger partial charge >= 0.3 is 0 Å². The van der Waals surface area contributed by atoms with Crippen LogP contribution in [-0.4, -0.2) is 18.3 Å². The highest BCUT2D eigenvalue weighted by Crippen LogP contribution is 2.31. The van der Waals surface area contributed by atoms with Crippen molar-refractivity contribution in [3.8, 4) is 5.75 Å². The van der Waals surface area contributed by atoms with Crippen LogP contribution in [0.1, 0.15) is 6.42 Å². The van der Waals surface area contributed by atoms with Gasteiger partial charge in [0.1, 0.15) is 10.8 Å². The maximum Gasteiger partial charge on any atom is 0.139 e. The minimum atomic E-state index is 0.442. The first kappa shape index (κ1) is 12.5. The molecule has 1 aromatic carbocycles. The van der Waals surface area contributed by atoms with Crippen molar-refractivity contribution in [3.63, 3.8) is 0 Å². The molecule has 0 saturated carbocycles. The van der Waals surface area contributed by atoms with Gasteiger partial charge in [0.15, 0.2) is 0 Å². The van der Waals surface area contributed by atoms with Crippen LogP contribution < -0.4 is 4.74 Å². The number of aliphatic imine (C=N–C) groups is 1. The minimum Gasteiger partial charge on any atom is -0.492 e. The number of hydrogen-bond acceptors (Lipinski definition) is 3. The molecule has 5 heteroatoms. The number of hydrogen-bond donors (Lipinski definition) is 0. The molecule has 0 N–H and O–H groups in total. The van der Waals surface area contributed by atoms with Crippen LogP contribution in [0.4, 0.5) is 0 Å². The first-order chi connectivity index (χ1) is 7.25. The Kier molecular flexibility index (Phi) is 5.66. The van der Waals surface area contributed by atoms with Crippen LogP contribution >= 0.6 is 35.4 Å². The molecule has 1 rings (SSSR count). The lowest BCUT2D eigenvalue weighted by Crippen LogP contribution is -1.99. The Morgan fingerprint density at radius 3 is 2.93 bits per heavy atom. The summed E-state index contributed by atoms with van der Waals surface area (Å²) in [5.41, 5.74) is 0. The third kappa shape index (κ3) is 4.18. The van der Waals surface area contributed by atoms with Crippen LogP contribution in [0.3, 0.4) is 0 Å². The van der Waals surface area contributed by atoms with Gasteiger partial charge in [-0.25, -0.2) is 4.99 Å². The van der Waals surface area contributed by atoms with Crippen molar-refractivity contribution in [3.05, 3.63) is 28.2 Å². The topological polar surface area (TPSA) is 21.6 Å². The van der Waals surface area contributed by atoms with Crippen LogP contribution in [-0.2, 0) is 0 Å². The average Bonchev–Trinajstić information content (AvgIpc) is 2.24. The summed E-state index contributed by atoms with van der Waals surface area (Å²) < 4.78 is 5.43. The Bertz CT molecular complexity index is 378. The Morgan fingerprint density at radius 2 is 2.20 bits per heavy atom. The summed E-state index contributed by atoms with van der Waals surface area (Å²) in [6.07, 6.45) is 0.770. The average molecular weight is 262 g/mol. The molecule has 0 heterocycles. The standard InChI is InChI=1S/C10H9Cl2NOS/c11-8-3-1-4-9(10(8)12)14-6-2-5-13-7-15/h1,3-4H,2,5-6H2. The van der Waals surface area contributed by atoms with Crippen molar-refractivity contribution in [1.82, 2.24) is 0 Å².